The Morgan fingerprint density at radius 2 is 1.93 bits per heavy atom. The van der Waals surface area contributed by atoms with Crippen molar-refractivity contribution in [2.75, 3.05) is 13.2 Å². The third kappa shape index (κ3) is 5.03. The molecule has 0 atom stereocenters. The van der Waals surface area contributed by atoms with Crippen LogP contribution in [-0.2, 0) is 11.8 Å². The van der Waals surface area contributed by atoms with Crippen LogP contribution in [0.3, 0.4) is 0 Å². The van der Waals surface area contributed by atoms with E-state index in [0.717, 1.165) is 27.7 Å². The van der Waals surface area contributed by atoms with Gasteiger partial charge in [-0.2, -0.15) is 21.8 Å². The Kier molecular flexibility index (Phi) is 8.89. The van der Waals surface area contributed by atoms with Crippen molar-refractivity contribution in [3.8, 4) is 17.0 Å². The van der Waals surface area contributed by atoms with E-state index in [1.54, 1.807) is 23.9 Å². The molecular weight excluding hydrogens is 389 g/mol. The van der Waals surface area contributed by atoms with Crippen molar-refractivity contribution in [1.29, 1.82) is 0 Å². The van der Waals surface area contributed by atoms with Crippen molar-refractivity contribution >= 4 is 22.9 Å². The second kappa shape index (κ2) is 11.2. The Morgan fingerprint density at radius 3 is 2.70 bits per heavy atom. The number of ether oxygens (including phenoxy) is 2. The molecular formula is C22H25N5NaO2-. The minimum Gasteiger partial charge on any atom is -0.841 e. The molecule has 2 bridgehead atoms. The Bertz CT molecular complexity index is 1060. The first-order valence-electron chi connectivity index (χ1n) is 9.72. The van der Waals surface area contributed by atoms with E-state index in [1.165, 1.54) is 0 Å². The number of aromatic nitrogens is 4. The molecule has 0 amide bonds. The normalized spacial score (nSPS) is 16.3. The fourth-order valence-corrected chi connectivity index (χ4v) is 3.02. The predicted octanol–water partition coefficient (Wildman–Crippen LogP) is 1.52. The van der Waals surface area contributed by atoms with Gasteiger partial charge in [-0.05, 0) is 17.7 Å². The molecule has 3 aromatic rings. The van der Waals surface area contributed by atoms with Gasteiger partial charge in [0.25, 0.3) is 0 Å². The Morgan fingerprint density at radius 1 is 1.17 bits per heavy atom. The molecule has 0 spiro atoms. The molecule has 0 fully saturated rings. The van der Waals surface area contributed by atoms with E-state index in [9.17, 15) is 5.41 Å². The molecule has 7 nitrogen and oxygen atoms in total. The van der Waals surface area contributed by atoms with Gasteiger partial charge in [0.05, 0.1) is 36.2 Å². The van der Waals surface area contributed by atoms with E-state index in [4.69, 9.17) is 9.47 Å². The maximum absolute atomic E-state index is 10.1. The summed E-state index contributed by atoms with van der Waals surface area (Å²) in [6.45, 7) is 6.50. The first-order valence-corrected chi connectivity index (χ1v) is 9.72. The van der Waals surface area contributed by atoms with Crippen LogP contribution in [0.5, 0.6) is 5.88 Å². The van der Waals surface area contributed by atoms with Crippen LogP contribution in [0.4, 0.5) is 0 Å². The van der Waals surface area contributed by atoms with Crippen LogP contribution in [-0.4, -0.2) is 39.1 Å². The molecule has 0 unspecified atom stereocenters. The topological polar surface area (TPSA) is 87.3 Å². The Hall–Kier alpha value is -2.35. The first-order chi connectivity index (χ1) is 14.2. The third-order valence-corrected chi connectivity index (χ3v) is 4.46. The second-order valence-electron chi connectivity index (χ2n) is 6.21. The van der Waals surface area contributed by atoms with Gasteiger partial charge in [-0.25, -0.2) is 10.8 Å². The summed E-state index contributed by atoms with van der Waals surface area (Å²) in [4.78, 5) is 0. The summed E-state index contributed by atoms with van der Waals surface area (Å²) in [6.07, 6.45) is 8.92. The average Bonchev–Trinajstić information content (AvgIpc) is 3.32. The first kappa shape index (κ1) is 23.9. The number of hydrogen-bond acceptors (Lipinski definition) is 4. The van der Waals surface area contributed by atoms with Gasteiger partial charge in [0.2, 0.25) is 5.88 Å². The quantitative estimate of drug-likeness (QED) is 0.446. The number of aromatic amines is 1. The molecule has 30 heavy (non-hydrogen) atoms. The zero-order valence-corrected chi connectivity index (χ0v) is 20.2. The molecule has 0 saturated heterocycles. The summed E-state index contributed by atoms with van der Waals surface area (Å²) < 4.78 is 13.1. The number of nitrogens with zero attached hydrogens (tertiary/aromatic N) is 4. The Labute approximate surface area is 199 Å². The number of fused-ring (bicyclic) bond motifs is 3. The fourth-order valence-electron chi connectivity index (χ4n) is 3.02. The molecule has 1 aliphatic heterocycles. The van der Waals surface area contributed by atoms with Crippen molar-refractivity contribution in [3.05, 3.63) is 53.2 Å². The molecule has 1 aromatic carbocycles. The minimum absolute atomic E-state index is 0. The zero-order valence-electron chi connectivity index (χ0n) is 18.2. The molecule has 0 saturated carbocycles. The van der Waals surface area contributed by atoms with Crippen molar-refractivity contribution in [2.45, 2.75) is 27.2 Å². The number of hydrogen-bond donors (Lipinski definition) is 1. The van der Waals surface area contributed by atoms with Crippen LogP contribution in [0.1, 0.15) is 32.9 Å². The van der Waals surface area contributed by atoms with Gasteiger partial charge in [-0.15, -0.1) is 5.90 Å². The van der Waals surface area contributed by atoms with Crippen molar-refractivity contribution in [1.82, 2.24) is 20.0 Å². The van der Waals surface area contributed by atoms with E-state index < -0.39 is 0 Å². The summed E-state index contributed by atoms with van der Waals surface area (Å²) in [5.74, 6) is 0.533. The van der Waals surface area contributed by atoms with Crippen LogP contribution in [0.25, 0.3) is 33.5 Å². The standard InChI is InChI=1S/C20H19N5O2.C2H6.Na/c1-3-13-5-7-17-15-11-14(6-8-18(15)24-23-17)16-12-22-25(2)20(16)27-10-4-9-26-19(13)21;1-2;/h5-8,11-12H,4,9-10H2,1-2H3,(H,23,24);1-2H3;/q-2;;+1/b7-5+;;. The molecule has 4 rings (SSSR count). The summed E-state index contributed by atoms with van der Waals surface area (Å²) in [7, 11) is 1.85. The Balaban J connectivity index is 0.00000104. The van der Waals surface area contributed by atoms with Gasteiger partial charge in [-0.3, -0.25) is 5.10 Å². The number of rotatable bonds is 0. The van der Waals surface area contributed by atoms with Crippen LogP contribution in [0.2, 0.25) is 0 Å². The average molecular weight is 414 g/mol. The maximum Gasteiger partial charge on any atom is 1.00 e. The van der Waals surface area contributed by atoms with Crippen LogP contribution >= 0.6 is 0 Å². The molecule has 0 radical (unpaired) electrons. The van der Waals surface area contributed by atoms with E-state index in [0.29, 0.717) is 31.1 Å². The number of nitrogens with one attached hydrogen (secondary N) is 1. The van der Waals surface area contributed by atoms with E-state index >= 15 is 0 Å². The monoisotopic (exact) mass is 414 g/mol. The molecule has 2 aromatic heterocycles. The number of allylic oxidation sites excluding steroid dienone is 1. The summed E-state index contributed by atoms with van der Waals surface area (Å²) in [5, 5.41) is 22.8. The summed E-state index contributed by atoms with van der Waals surface area (Å²) in [6, 6.07) is 6.06. The molecule has 152 valence electrons. The second-order valence-corrected chi connectivity index (χ2v) is 6.21. The van der Waals surface area contributed by atoms with E-state index in [2.05, 4.69) is 27.4 Å². The van der Waals surface area contributed by atoms with Crippen molar-refractivity contribution in [3.63, 3.8) is 0 Å². The van der Waals surface area contributed by atoms with Gasteiger partial charge >= 0.3 is 29.6 Å². The zero-order chi connectivity index (χ0) is 20.8. The molecule has 1 aliphatic rings. The number of benzene rings is 1. The van der Waals surface area contributed by atoms with Gasteiger partial charge in [0.1, 0.15) is 0 Å². The smallest absolute Gasteiger partial charge is 0.841 e. The SMILES string of the molecule is CC.C[C-]=C1/C=C/c2n[nH]c3ccc(cc23)-c2cnn(C)c2OCCCOC1=[N-].[Na+]. The predicted molar refractivity (Wildman–Crippen MR) is 116 cm³/mol. The van der Waals surface area contributed by atoms with Crippen molar-refractivity contribution in [2.24, 2.45) is 7.05 Å². The minimum atomic E-state index is -0.162. The van der Waals surface area contributed by atoms with Crippen LogP contribution in [0.15, 0.2) is 36.0 Å². The number of aryl methyl sites for hydroxylation is 1. The van der Waals surface area contributed by atoms with Gasteiger partial charge < -0.3 is 14.9 Å². The van der Waals surface area contributed by atoms with Crippen LogP contribution < -0.4 is 34.3 Å². The third-order valence-electron chi connectivity index (χ3n) is 4.46. The van der Waals surface area contributed by atoms with Crippen molar-refractivity contribution < 1.29 is 39.0 Å². The van der Waals surface area contributed by atoms with Gasteiger partial charge in [0, 0.05) is 18.9 Å². The largest absolute Gasteiger partial charge is 1.00 e. The maximum atomic E-state index is 10.1. The molecule has 0 aliphatic carbocycles. The van der Waals surface area contributed by atoms with E-state index in [1.807, 2.05) is 39.1 Å². The number of H-pyrrole nitrogens is 1. The molecule has 8 heteroatoms. The van der Waals surface area contributed by atoms with E-state index in [-0.39, 0.29) is 35.5 Å². The summed E-state index contributed by atoms with van der Waals surface area (Å²) in [5.41, 5.74) is 4.08. The van der Waals surface area contributed by atoms with Gasteiger partial charge in [0.15, 0.2) is 0 Å². The molecule has 3 heterocycles. The molecule has 1 N–H and O–H groups in total. The van der Waals surface area contributed by atoms with Crippen LogP contribution in [0, 0.1) is 6.08 Å². The fraction of sp³-hybridized carbons (Fsp3) is 0.318. The van der Waals surface area contributed by atoms with Gasteiger partial charge in [-0.1, -0.05) is 32.9 Å². The summed E-state index contributed by atoms with van der Waals surface area (Å²) >= 11 is 0.